The Labute approximate surface area is 140 Å². The fourth-order valence-electron chi connectivity index (χ4n) is 2.73. The van der Waals surface area contributed by atoms with Gasteiger partial charge in [0.05, 0.1) is 5.69 Å². The minimum atomic E-state index is -0.189. The lowest BCUT2D eigenvalue weighted by atomic mass is 10.3. The third-order valence-corrected chi connectivity index (χ3v) is 3.85. The first-order valence-electron chi connectivity index (χ1n) is 8.27. The first kappa shape index (κ1) is 16.2. The summed E-state index contributed by atoms with van der Waals surface area (Å²) in [5.41, 5.74) is 1.81. The van der Waals surface area contributed by atoms with E-state index in [1.54, 1.807) is 12.4 Å². The minimum Gasteiger partial charge on any atom is -0.351 e. The Bertz CT molecular complexity index is 835. The monoisotopic (exact) mass is 326 g/mol. The number of aromatic nitrogens is 5. The summed E-state index contributed by atoms with van der Waals surface area (Å²) in [6.45, 7) is 5.47. The van der Waals surface area contributed by atoms with Crippen LogP contribution >= 0.6 is 0 Å². The molecule has 3 rings (SSSR count). The van der Waals surface area contributed by atoms with Gasteiger partial charge in [0.2, 0.25) is 0 Å². The second-order valence-corrected chi connectivity index (χ2v) is 5.79. The van der Waals surface area contributed by atoms with Gasteiger partial charge >= 0.3 is 0 Å². The summed E-state index contributed by atoms with van der Waals surface area (Å²) in [7, 11) is 0. The molecule has 0 aliphatic heterocycles. The molecular weight excluding hydrogens is 304 g/mol. The smallest absolute Gasteiger partial charge is 0.273 e. The fraction of sp³-hybridized carbons (Fsp3) is 0.412. The molecule has 1 N–H and O–H groups in total. The average Bonchev–Trinajstić information content (AvgIpc) is 3.16. The minimum absolute atomic E-state index is 0.189. The molecule has 0 unspecified atom stereocenters. The van der Waals surface area contributed by atoms with Crippen LogP contribution in [0.2, 0.25) is 0 Å². The van der Waals surface area contributed by atoms with Gasteiger partial charge < -0.3 is 14.3 Å². The van der Waals surface area contributed by atoms with E-state index in [2.05, 4.69) is 31.8 Å². The number of nitrogens with one attached hydrogen (secondary N) is 1. The Morgan fingerprint density at radius 3 is 2.92 bits per heavy atom. The highest BCUT2D eigenvalue weighted by atomic mass is 16.1. The van der Waals surface area contributed by atoms with Crippen molar-refractivity contribution in [1.29, 1.82) is 0 Å². The quantitative estimate of drug-likeness (QED) is 0.674. The van der Waals surface area contributed by atoms with Crippen LogP contribution in [-0.2, 0) is 13.0 Å². The molecule has 24 heavy (non-hydrogen) atoms. The highest BCUT2D eigenvalue weighted by Gasteiger charge is 2.13. The van der Waals surface area contributed by atoms with Crippen molar-refractivity contribution >= 4 is 11.6 Å². The lowest BCUT2D eigenvalue weighted by Crippen LogP contribution is -2.27. The zero-order chi connectivity index (χ0) is 16.9. The van der Waals surface area contributed by atoms with Gasteiger partial charge in [-0.25, -0.2) is 15.0 Å². The molecule has 0 spiro atoms. The van der Waals surface area contributed by atoms with Gasteiger partial charge in [-0.1, -0.05) is 6.92 Å². The summed E-state index contributed by atoms with van der Waals surface area (Å²) in [6.07, 6.45) is 12.0. The molecule has 3 heterocycles. The standard InChI is InChI=1S/C17H22N6O/c1-3-5-14-18-7-10-22(14)9-4-6-20-17(24)15-16-21-13(2)12-23(16)11-8-19-15/h7-8,10-12H,3-6,9H2,1-2H3,(H,20,24). The number of carbonyl (C=O) groups excluding carboxylic acids is 1. The van der Waals surface area contributed by atoms with Crippen LogP contribution in [0.25, 0.3) is 5.65 Å². The van der Waals surface area contributed by atoms with Crippen LogP contribution in [0.1, 0.15) is 41.8 Å². The highest BCUT2D eigenvalue weighted by molar-refractivity contribution is 5.97. The van der Waals surface area contributed by atoms with Gasteiger partial charge in [0.1, 0.15) is 5.82 Å². The normalized spacial score (nSPS) is 11.1. The Balaban J connectivity index is 1.56. The predicted octanol–water partition coefficient (Wildman–Crippen LogP) is 2.01. The molecule has 0 aromatic carbocycles. The largest absolute Gasteiger partial charge is 0.351 e. The molecule has 0 saturated carbocycles. The summed E-state index contributed by atoms with van der Waals surface area (Å²) in [6, 6.07) is 0. The molecule has 0 aliphatic carbocycles. The molecule has 126 valence electrons. The van der Waals surface area contributed by atoms with Crippen LogP contribution in [0, 0.1) is 6.92 Å². The van der Waals surface area contributed by atoms with Crippen LogP contribution in [0.15, 0.2) is 31.0 Å². The summed E-state index contributed by atoms with van der Waals surface area (Å²) in [5, 5.41) is 2.93. The van der Waals surface area contributed by atoms with Crippen molar-refractivity contribution in [2.24, 2.45) is 0 Å². The molecule has 7 nitrogen and oxygen atoms in total. The van der Waals surface area contributed by atoms with Gasteiger partial charge in [-0.15, -0.1) is 0 Å². The number of nitrogens with zero attached hydrogens (tertiary/aromatic N) is 5. The second-order valence-electron chi connectivity index (χ2n) is 5.79. The molecule has 0 fully saturated rings. The maximum Gasteiger partial charge on any atom is 0.273 e. The molecule has 0 saturated heterocycles. The molecule has 3 aromatic rings. The Kier molecular flexibility index (Phi) is 4.88. The van der Waals surface area contributed by atoms with Gasteiger partial charge in [-0.05, 0) is 19.8 Å². The summed E-state index contributed by atoms with van der Waals surface area (Å²) in [5.74, 6) is 0.911. The van der Waals surface area contributed by atoms with E-state index < -0.39 is 0 Å². The number of aryl methyl sites for hydroxylation is 3. The topological polar surface area (TPSA) is 77.1 Å². The molecule has 0 aliphatic rings. The van der Waals surface area contributed by atoms with Crippen molar-refractivity contribution in [2.45, 2.75) is 39.7 Å². The first-order chi connectivity index (χ1) is 11.7. The van der Waals surface area contributed by atoms with Crippen LogP contribution in [0.4, 0.5) is 0 Å². The SMILES string of the molecule is CCCc1nccn1CCCNC(=O)c1nccn2cc(C)nc12. The first-order valence-corrected chi connectivity index (χ1v) is 8.27. The molecule has 0 bridgehead atoms. The van der Waals surface area contributed by atoms with E-state index in [0.717, 1.165) is 37.3 Å². The molecule has 0 atom stereocenters. The van der Waals surface area contributed by atoms with E-state index in [1.807, 2.05) is 29.9 Å². The van der Waals surface area contributed by atoms with E-state index in [4.69, 9.17) is 0 Å². The van der Waals surface area contributed by atoms with Gasteiger partial charge in [0.25, 0.3) is 5.91 Å². The van der Waals surface area contributed by atoms with Crippen LogP contribution in [-0.4, -0.2) is 36.4 Å². The van der Waals surface area contributed by atoms with Crippen LogP contribution < -0.4 is 5.32 Å². The van der Waals surface area contributed by atoms with E-state index in [1.165, 1.54) is 0 Å². The second kappa shape index (κ2) is 7.25. The Hall–Kier alpha value is -2.70. The third-order valence-electron chi connectivity index (χ3n) is 3.85. The summed E-state index contributed by atoms with van der Waals surface area (Å²) in [4.78, 5) is 25.3. The fourth-order valence-corrected chi connectivity index (χ4v) is 2.73. The molecule has 1 amide bonds. The predicted molar refractivity (Wildman–Crippen MR) is 90.9 cm³/mol. The summed E-state index contributed by atoms with van der Waals surface area (Å²) >= 11 is 0. The van der Waals surface area contributed by atoms with Gasteiger partial charge in [-0.2, -0.15) is 0 Å². The number of rotatable bonds is 7. The number of hydrogen-bond donors (Lipinski definition) is 1. The van der Waals surface area contributed by atoms with Crippen molar-refractivity contribution in [3.8, 4) is 0 Å². The van der Waals surface area contributed by atoms with Crippen molar-refractivity contribution in [3.05, 3.63) is 48.2 Å². The molecule has 3 aromatic heterocycles. The van der Waals surface area contributed by atoms with Crippen LogP contribution in [0.5, 0.6) is 0 Å². The van der Waals surface area contributed by atoms with Crippen LogP contribution in [0.3, 0.4) is 0 Å². The van der Waals surface area contributed by atoms with E-state index in [0.29, 0.717) is 17.9 Å². The number of imidazole rings is 2. The van der Waals surface area contributed by atoms with Crippen molar-refractivity contribution in [3.63, 3.8) is 0 Å². The maximum absolute atomic E-state index is 12.4. The zero-order valence-corrected chi connectivity index (χ0v) is 14.1. The number of carbonyl (C=O) groups is 1. The van der Waals surface area contributed by atoms with Gasteiger partial charge in [0, 0.05) is 50.5 Å². The van der Waals surface area contributed by atoms with E-state index in [9.17, 15) is 4.79 Å². The van der Waals surface area contributed by atoms with Crippen molar-refractivity contribution in [1.82, 2.24) is 29.2 Å². The molecule has 7 heteroatoms. The Morgan fingerprint density at radius 2 is 2.08 bits per heavy atom. The number of amides is 1. The average molecular weight is 326 g/mol. The highest BCUT2D eigenvalue weighted by Crippen LogP contribution is 2.08. The lowest BCUT2D eigenvalue weighted by Gasteiger charge is -2.08. The zero-order valence-electron chi connectivity index (χ0n) is 14.1. The van der Waals surface area contributed by atoms with E-state index >= 15 is 0 Å². The third kappa shape index (κ3) is 3.45. The van der Waals surface area contributed by atoms with Gasteiger partial charge in [-0.3, -0.25) is 4.79 Å². The van der Waals surface area contributed by atoms with Crippen molar-refractivity contribution < 1.29 is 4.79 Å². The Morgan fingerprint density at radius 1 is 1.25 bits per heavy atom. The number of hydrogen-bond acceptors (Lipinski definition) is 4. The molecular formula is C17H22N6O. The van der Waals surface area contributed by atoms with E-state index in [-0.39, 0.29) is 5.91 Å². The summed E-state index contributed by atoms with van der Waals surface area (Å²) < 4.78 is 3.96. The van der Waals surface area contributed by atoms with Gasteiger partial charge in [0.15, 0.2) is 11.3 Å². The lowest BCUT2D eigenvalue weighted by molar-refractivity contribution is 0.0949. The maximum atomic E-state index is 12.4. The molecule has 0 radical (unpaired) electrons. The number of fused-ring (bicyclic) bond motifs is 1. The van der Waals surface area contributed by atoms with Crippen molar-refractivity contribution in [2.75, 3.05) is 6.54 Å².